The van der Waals surface area contributed by atoms with Gasteiger partial charge < -0.3 is 5.11 Å². The van der Waals surface area contributed by atoms with E-state index < -0.39 is 12.5 Å². The molecule has 3 rings (SSSR count). The number of hydrogen-bond donors (Lipinski definition) is 1. The minimum atomic E-state index is -1.09. The first-order chi connectivity index (χ1) is 13.1. The highest BCUT2D eigenvalue weighted by Crippen LogP contribution is 2.31. The van der Waals surface area contributed by atoms with Gasteiger partial charge in [-0.2, -0.15) is 0 Å². The quantitative estimate of drug-likeness (QED) is 0.587. The molecule has 136 valence electrons. The number of carboxylic acids is 1. The molecule has 1 heterocycles. The molecule has 1 amide bonds. The summed E-state index contributed by atoms with van der Waals surface area (Å²) in [7, 11) is 0. The molecule has 0 aromatic heterocycles. The molecule has 0 spiro atoms. The molecule has 0 atom stereocenters. The lowest BCUT2D eigenvalue weighted by Crippen LogP contribution is -2.33. The van der Waals surface area contributed by atoms with Gasteiger partial charge in [0.1, 0.15) is 10.9 Å². The second kappa shape index (κ2) is 8.79. The number of nitrogens with zero attached hydrogens (tertiary/aromatic N) is 1. The Morgan fingerprint density at radius 3 is 2.15 bits per heavy atom. The van der Waals surface area contributed by atoms with Gasteiger partial charge in [-0.25, -0.2) is 0 Å². The van der Waals surface area contributed by atoms with Crippen LogP contribution in [0, 0.1) is 0 Å². The zero-order valence-corrected chi connectivity index (χ0v) is 16.0. The van der Waals surface area contributed by atoms with Crippen LogP contribution in [0.4, 0.5) is 0 Å². The van der Waals surface area contributed by atoms with Crippen LogP contribution in [0.1, 0.15) is 17.0 Å². The minimum absolute atomic E-state index is 0.0489. The topological polar surface area (TPSA) is 57.6 Å². The Morgan fingerprint density at radius 1 is 1.07 bits per heavy atom. The van der Waals surface area contributed by atoms with E-state index in [1.54, 1.807) is 6.08 Å². The van der Waals surface area contributed by atoms with Crippen molar-refractivity contribution in [1.29, 1.82) is 0 Å². The van der Waals surface area contributed by atoms with E-state index in [0.29, 0.717) is 4.91 Å². The number of benzene rings is 2. The third-order valence-corrected chi connectivity index (χ3v) is 5.43. The molecule has 0 radical (unpaired) electrons. The molecule has 1 saturated heterocycles. The van der Waals surface area contributed by atoms with Crippen molar-refractivity contribution in [3.05, 3.63) is 94.9 Å². The molecule has 1 aliphatic heterocycles. The first kappa shape index (κ1) is 19.1. The third kappa shape index (κ3) is 4.72. The maximum atomic E-state index is 12.3. The van der Waals surface area contributed by atoms with Crippen molar-refractivity contribution >= 4 is 40.2 Å². The normalized spacial score (nSPS) is 16.0. The number of amides is 1. The van der Waals surface area contributed by atoms with E-state index in [-0.39, 0.29) is 16.1 Å². The van der Waals surface area contributed by atoms with Gasteiger partial charge in [0.25, 0.3) is 5.91 Å². The van der Waals surface area contributed by atoms with Crippen molar-refractivity contribution in [2.45, 2.75) is 5.92 Å². The van der Waals surface area contributed by atoms with Gasteiger partial charge >= 0.3 is 5.97 Å². The Morgan fingerprint density at radius 2 is 1.63 bits per heavy atom. The lowest BCUT2D eigenvalue weighted by atomic mass is 9.91. The summed E-state index contributed by atoms with van der Waals surface area (Å²) >= 11 is 6.23. The smallest absolute Gasteiger partial charge is 0.323 e. The zero-order chi connectivity index (χ0) is 19.2. The van der Waals surface area contributed by atoms with Crippen molar-refractivity contribution in [3.8, 4) is 0 Å². The highest BCUT2D eigenvalue weighted by molar-refractivity contribution is 8.26. The van der Waals surface area contributed by atoms with E-state index in [4.69, 9.17) is 17.3 Å². The van der Waals surface area contributed by atoms with Gasteiger partial charge in [0.15, 0.2) is 0 Å². The second-order valence-electron chi connectivity index (χ2n) is 5.87. The molecule has 2 aromatic carbocycles. The van der Waals surface area contributed by atoms with Gasteiger partial charge in [0, 0.05) is 5.92 Å². The van der Waals surface area contributed by atoms with Gasteiger partial charge in [-0.15, -0.1) is 0 Å². The van der Waals surface area contributed by atoms with Crippen LogP contribution in [0.15, 0.2) is 83.8 Å². The molecule has 4 nitrogen and oxygen atoms in total. The predicted octanol–water partition coefficient (Wildman–Crippen LogP) is 4.20. The maximum Gasteiger partial charge on any atom is 0.323 e. The van der Waals surface area contributed by atoms with E-state index in [2.05, 4.69) is 24.3 Å². The van der Waals surface area contributed by atoms with Crippen LogP contribution < -0.4 is 0 Å². The van der Waals surface area contributed by atoms with Gasteiger partial charge in [0.05, 0.1) is 4.91 Å². The largest absolute Gasteiger partial charge is 0.480 e. The standard InChI is InChI=1S/C21H17NO3S2/c23-19(24)14-22-20(25)18(27-21(22)26)13-7-12-17(15-8-3-1-4-9-15)16-10-5-2-6-11-16/h1-13,17H,14H2,(H,23,24)/b12-7+,18-13+. The number of hydrogen-bond acceptors (Lipinski definition) is 4. The minimum Gasteiger partial charge on any atom is -0.480 e. The van der Waals surface area contributed by atoms with Crippen LogP contribution in [-0.4, -0.2) is 32.7 Å². The molecule has 0 saturated carbocycles. The average Bonchev–Trinajstić information content (AvgIpc) is 2.94. The van der Waals surface area contributed by atoms with Gasteiger partial charge in [0.2, 0.25) is 0 Å². The lowest BCUT2D eigenvalue weighted by Gasteiger charge is -2.13. The Bertz CT molecular complexity index is 868. The fourth-order valence-corrected chi connectivity index (χ4v) is 3.98. The summed E-state index contributed by atoms with van der Waals surface area (Å²) in [6.45, 7) is -0.414. The van der Waals surface area contributed by atoms with Gasteiger partial charge in [-0.1, -0.05) is 96.8 Å². The summed E-state index contributed by atoms with van der Waals surface area (Å²) in [5, 5.41) is 8.90. The fourth-order valence-electron chi connectivity index (χ4n) is 2.78. The van der Waals surface area contributed by atoms with Crippen molar-refractivity contribution in [3.63, 3.8) is 0 Å². The highest BCUT2D eigenvalue weighted by atomic mass is 32.2. The monoisotopic (exact) mass is 395 g/mol. The number of thioether (sulfide) groups is 1. The number of carboxylic acid groups (broad SMARTS) is 1. The van der Waals surface area contributed by atoms with Gasteiger partial charge in [-0.3, -0.25) is 14.5 Å². The van der Waals surface area contributed by atoms with E-state index >= 15 is 0 Å². The second-order valence-corrected chi connectivity index (χ2v) is 7.54. The van der Waals surface area contributed by atoms with E-state index in [0.717, 1.165) is 27.8 Å². The Balaban J connectivity index is 1.83. The molecular formula is C21H17NO3S2. The molecule has 0 bridgehead atoms. The molecule has 6 heteroatoms. The molecule has 0 aliphatic carbocycles. The lowest BCUT2D eigenvalue weighted by molar-refractivity contribution is -0.140. The molecule has 1 N–H and O–H groups in total. The van der Waals surface area contributed by atoms with Crippen LogP contribution in [0.25, 0.3) is 0 Å². The maximum absolute atomic E-state index is 12.3. The van der Waals surface area contributed by atoms with E-state index in [9.17, 15) is 9.59 Å². The SMILES string of the molecule is O=C(O)CN1C(=O)/C(=C\C=C\C(c2ccccc2)c2ccccc2)SC1=S. The molecular weight excluding hydrogens is 378 g/mol. The first-order valence-electron chi connectivity index (χ1n) is 8.30. The Kier molecular flexibility index (Phi) is 6.21. The Labute approximate surface area is 167 Å². The van der Waals surface area contributed by atoms with Crippen molar-refractivity contribution in [2.75, 3.05) is 6.54 Å². The average molecular weight is 396 g/mol. The number of carbonyl (C=O) groups excluding carboxylic acids is 1. The van der Waals surface area contributed by atoms with Crippen molar-refractivity contribution in [2.24, 2.45) is 0 Å². The van der Waals surface area contributed by atoms with Crippen LogP contribution in [0.3, 0.4) is 0 Å². The first-order valence-corrected chi connectivity index (χ1v) is 9.52. The number of allylic oxidation sites excluding steroid dienone is 3. The zero-order valence-electron chi connectivity index (χ0n) is 14.3. The summed E-state index contributed by atoms with van der Waals surface area (Å²) in [6.07, 6.45) is 5.55. The molecule has 0 unspecified atom stereocenters. The number of thiocarbonyl (C=S) groups is 1. The summed E-state index contributed by atoms with van der Waals surface area (Å²) in [5.74, 6) is -1.41. The summed E-state index contributed by atoms with van der Waals surface area (Å²) in [6, 6.07) is 20.2. The number of carbonyl (C=O) groups is 2. The number of rotatable bonds is 6. The van der Waals surface area contributed by atoms with Crippen molar-refractivity contribution < 1.29 is 14.7 Å². The van der Waals surface area contributed by atoms with Gasteiger partial charge in [-0.05, 0) is 17.2 Å². The third-order valence-electron chi connectivity index (χ3n) is 4.04. The molecule has 27 heavy (non-hydrogen) atoms. The number of aliphatic carboxylic acids is 1. The fraction of sp³-hybridized carbons (Fsp3) is 0.0952. The van der Waals surface area contributed by atoms with Crippen LogP contribution in [0.2, 0.25) is 0 Å². The molecule has 2 aromatic rings. The highest BCUT2D eigenvalue weighted by Gasteiger charge is 2.32. The summed E-state index contributed by atoms with van der Waals surface area (Å²) in [5.41, 5.74) is 2.29. The van der Waals surface area contributed by atoms with Crippen LogP contribution in [0.5, 0.6) is 0 Å². The van der Waals surface area contributed by atoms with Crippen LogP contribution >= 0.6 is 24.0 Å². The molecule has 1 fully saturated rings. The summed E-state index contributed by atoms with van der Waals surface area (Å²) in [4.78, 5) is 24.7. The Hall–Kier alpha value is -2.70. The predicted molar refractivity (Wildman–Crippen MR) is 111 cm³/mol. The summed E-state index contributed by atoms with van der Waals surface area (Å²) < 4.78 is 0.268. The van der Waals surface area contributed by atoms with Crippen molar-refractivity contribution in [1.82, 2.24) is 4.90 Å². The van der Waals surface area contributed by atoms with E-state index in [1.807, 2.05) is 48.6 Å². The molecule has 1 aliphatic rings. The van der Waals surface area contributed by atoms with Crippen LogP contribution in [-0.2, 0) is 9.59 Å². The van der Waals surface area contributed by atoms with E-state index in [1.165, 1.54) is 0 Å².